The molecule has 0 saturated carbocycles. The molecule has 23 heavy (non-hydrogen) atoms. The molecule has 1 aliphatic rings. The molecule has 0 saturated heterocycles. The van der Waals surface area contributed by atoms with Crippen LogP contribution in [0.4, 0.5) is 0 Å². The van der Waals surface area contributed by atoms with Crippen molar-refractivity contribution in [2.75, 3.05) is 13.2 Å². The molecule has 4 nitrogen and oxygen atoms in total. The summed E-state index contributed by atoms with van der Waals surface area (Å²) in [5, 5.41) is 13.7. The summed E-state index contributed by atoms with van der Waals surface area (Å²) in [6.07, 6.45) is 0.782. The Morgan fingerprint density at radius 3 is 2.91 bits per heavy atom. The van der Waals surface area contributed by atoms with E-state index in [-0.39, 0.29) is 12.5 Å². The molecule has 0 aliphatic carbocycles. The van der Waals surface area contributed by atoms with Crippen LogP contribution in [0.1, 0.15) is 23.1 Å². The first kappa shape index (κ1) is 15.6. The number of para-hydroxylation sites is 1. The van der Waals surface area contributed by atoms with Crippen LogP contribution in [0, 0.1) is 6.92 Å². The minimum absolute atomic E-state index is 0.0898. The predicted molar refractivity (Wildman–Crippen MR) is 88.3 cm³/mol. The SMILES string of the molecule is Cc1cccc(CC(=O)NCC2(O)CCOc3ccccc32)c1. The number of fused-ring (bicyclic) bond motifs is 1. The van der Waals surface area contributed by atoms with Crippen molar-refractivity contribution in [3.8, 4) is 5.75 Å². The topological polar surface area (TPSA) is 58.6 Å². The van der Waals surface area contributed by atoms with Crippen LogP contribution in [0.5, 0.6) is 5.75 Å². The maximum absolute atomic E-state index is 12.2. The third-order valence-corrected chi connectivity index (χ3v) is 4.19. The molecule has 0 bridgehead atoms. The van der Waals surface area contributed by atoms with Crippen LogP contribution < -0.4 is 10.1 Å². The monoisotopic (exact) mass is 311 g/mol. The van der Waals surface area contributed by atoms with Gasteiger partial charge in [0, 0.05) is 12.0 Å². The van der Waals surface area contributed by atoms with Crippen LogP contribution in [0.3, 0.4) is 0 Å². The van der Waals surface area contributed by atoms with Crippen molar-refractivity contribution >= 4 is 5.91 Å². The van der Waals surface area contributed by atoms with Gasteiger partial charge >= 0.3 is 0 Å². The van der Waals surface area contributed by atoms with Crippen molar-refractivity contribution in [1.29, 1.82) is 0 Å². The van der Waals surface area contributed by atoms with Crippen molar-refractivity contribution in [2.24, 2.45) is 0 Å². The zero-order valence-corrected chi connectivity index (χ0v) is 13.2. The fraction of sp³-hybridized carbons (Fsp3) is 0.316. The molecule has 0 fully saturated rings. The maximum Gasteiger partial charge on any atom is 0.224 e. The Hall–Kier alpha value is -2.33. The Balaban J connectivity index is 1.65. The second-order valence-electron chi connectivity index (χ2n) is 6.07. The molecule has 1 unspecified atom stereocenters. The molecule has 2 N–H and O–H groups in total. The van der Waals surface area contributed by atoms with Gasteiger partial charge < -0.3 is 15.2 Å². The van der Waals surface area contributed by atoms with Gasteiger partial charge in [-0.3, -0.25) is 4.79 Å². The highest BCUT2D eigenvalue weighted by Crippen LogP contribution is 2.36. The van der Waals surface area contributed by atoms with Gasteiger partial charge in [0.1, 0.15) is 11.4 Å². The number of rotatable bonds is 4. The van der Waals surface area contributed by atoms with Crippen LogP contribution in [0.25, 0.3) is 0 Å². The molecule has 3 rings (SSSR count). The van der Waals surface area contributed by atoms with E-state index in [9.17, 15) is 9.90 Å². The largest absolute Gasteiger partial charge is 0.493 e. The van der Waals surface area contributed by atoms with E-state index in [2.05, 4.69) is 5.32 Å². The molecule has 2 aromatic rings. The molecular formula is C19H21NO3. The minimum Gasteiger partial charge on any atom is -0.493 e. The average Bonchev–Trinajstić information content (AvgIpc) is 2.54. The fourth-order valence-electron chi connectivity index (χ4n) is 2.94. The zero-order valence-electron chi connectivity index (χ0n) is 13.2. The molecule has 1 heterocycles. The Morgan fingerprint density at radius 1 is 1.26 bits per heavy atom. The number of ether oxygens (including phenoxy) is 1. The number of benzene rings is 2. The number of hydrogen-bond donors (Lipinski definition) is 2. The fourth-order valence-corrected chi connectivity index (χ4v) is 2.94. The third-order valence-electron chi connectivity index (χ3n) is 4.19. The van der Waals surface area contributed by atoms with Gasteiger partial charge in [0.2, 0.25) is 5.91 Å². The van der Waals surface area contributed by atoms with E-state index in [0.717, 1.165) is 16.7 Å². The number of aryl methyl sites for hydroxylation is 1. The molecule has 1 amide bonds. The highest BCUT2D eigenvalue weighted by atomic mass is 16.5. The van der Waals surface area contributed by atoms with Crippen molar-refractivity contribution < 1.29 is 14.6 Å². The quantitative estimate of drug-likeness (QED) is 0.911. The molecule has 0 aromatic heterocycles. The molecular weight excluding hydrogens is 290 g/mol. The maximum atomic E-state index is 12.2. The number of aliphatic hydroxyl groups is 1. The summed E-state index contributed by atoms with van der Waals surface area (Å²) in [5.41, 5.74) is 1.77. The molecule has 1 atom stereocenters. The van der Waals surface area contributed by atoms with Crippen molar-refractivity contribution in [3.63, 3.8) is 0 Å². The first-order valence-corrected chi connectivity index (χ1v) is 7.84. The average molecular weight is 311 g/mol. The minimum atomic E-state index is -1.07. The smallest absolute Gasteiger partial charge is 0.224 e. The van der Waals surface area contributed by atoms with Crippen molar-refractivity contribution in [2.45, 2.75) is 25.4 Å². The number of carbonyl (C=O) groups excluding carboxylic acids is 1. The summed E-state index contributed by atoms with van der Waals surface area (Å²) in [7, 11) is 0. The molecule has 1 aliphatic heterocycles. The van der Waals surface area contributed by atoms with E-state index < -0.39 is 5.60 Å². The van der Waals surface area contributed by atoms with Crippen LogP contribution in [-0.2, 0) is 16.8 Å². The highest BCUT2D eigenvalue weighted by molar-refractivity contribution is 5.78. The van der Waals surface area contributed by atoms with Crippen molar-refractivity contribution in [1.82, 2.24) is 5.32 Å². The van der Waals surface area contributed by atoms with Crippen molar-refractivity contribution in [3.05, 3.63) is 65.2 Å². The lowest BCUT2D eigenvalue weighted by molar-refractivity contribution is -0.122. The standard InChI is InChI=1S/C19H21NO3/c1-14-5-4-6-15(11-14)12-18(21)20-13-19(22)9-10-23-17-8-3-2-7-16(17)19/h2-8,11,22H,9-10,12-13H2,1H3,(H,20,21). The Kier molecular flexibility index (Phi) is 4.35. The number of nitrogens with one attached hydrogen (secondary N) is 1. The van der Waals surface area contributed by atoms with Crippen LogP contribution >= 0.6 is 0 Å². The Bertz CT molecular complexity index is 713. The van der Waals surface area contributed by atoms with Gasteiger partial charge in [-0.05, 0) is 18.6 Å². The van der Waals surface area contributed by atoms with Gasteiger partial charge in [-0.25, -0.2) is 0 Å². The van der Waals surface area contributed by atoms with E-state index in [4.69, 9.17) is 4.74 Å². The first-order chi connectivity index (χ1) is 11.1. The lowest BCUT2D eigenvalue weighted by atomic mass is 9.88. The molecule has 4 heteroatoms. The summed E-state index contributed by atoms with van der Waals surface area (Å²) in [5.74, 6) is 0.599. The molecule has 0 spiro atoms. The van der Waals surface area contributed by atoms with Crippen LogP contribution in [0.15, 0.2) is 48.5 Å². The summed E-state index contributed by atoms with van der Waals surface area (Å²) >= 11 is 0. The summed E-state index contributed by atoms with van der Waals surface area (Å²) in [6, 6.07) is 15.3. The number of carbonyl (C=O) groups is 1. The zero-order chi connectivity index (χ0) is 16.3. The number of amides is 1. The molecule has 2 aromatic carbocycles. The van der Waals surface area contributed by atoms with E-state index in [1.807, 2.05) is 55.5 Å². The predicted octanol–water partition coefficient (Wildman–Crippen LogP) is 2.32. The van der Waals surface area contributed by atoms with Gasteiger partial charge in [-0.15, -0.1) is 0 Å². The Morgan fingerprint density at radius 2 is 2.09 bits per heavy atom. The van der Waals surface area contributed by atoms with Gasteiger partial charge in [-0.1, -0.05) is 48.0 Å². The normalized spacial score (nSPS) is 19.6. The first-order valence-electron chi connectivity index (χ1n) is 7.84. The second kappa shape index (κ2) is 6.42. The van der Waals surface area contributed by atoms with Gasteiger partial charge in [0.25, 0.3) is 0 Å². The lowest BCUT2D eigenvalue weighted by Gasteiger charge is -2.34. The van der Waals surface area contributed by atoms with Gasteiger partial charge in [-0.2, -0.15) is 0 Å². The summed E-state index contributed by atoms with van der Waals surface area (Å²) in [6.45, 7) is 2.64. The highest BCUT2D eigenvalue weighted by Gasteiger charge is 2.35. The number of hydrogen-bond acceptors (Lipinski definition) is 3. The third kappa shape index (κ3) is 3.54. The van der Waals surface area contributed by atoms with Gasteiger partial charge in [0.15, 0.2) is 0 Å². The van der Waals surface area contributed by atoms with Gasteiger partial charge in [0.05, 0.1) is 19.6 Å². The summed E-state index contributed by atoms with van der Waals surface area (Å²) in [4.78, 5) is 12.2. The van der Waals surface area contributed by atoms with E-state index in [1.165, 1.54) is 0 Å². The summed E-state index contributed by atoms with van der Waals surface area (Å²) < 4.78 is 5.56. The van der Waals surface area contributed by atoms with E-state index >= 15 is 0 Å². The lowest BCUT2D eigenvalue weighted by Crippen LogP contribution is -2.44. The van der Waals surface area contributed by atoms with Crippen LogP contribution in [0.2, 0.25) is 0 Å². The Labute approximate surface area is 136 Å². The van der Waals surface area contributed by atoms with E-state index in [0.29, 0.717) is 25.2 Å². The molecule has 0 radical (unpaired) electrons. The molecule has 120 valence electrons. The van der Waals surface area contributed by atoms with E-state index in [1.54, 1.807) is 0 Å². The van der Waals surface area contributed by atoms with Crippen LogP contribution in [-0.4, -0.2) is 24.2 Å². The second-order valence-corrected chi connectivity index (χ2v) is 6.07.